The number of sulfonamides is 4. The number of aromatic nitrogens is 2. The van der Waals surface area contributed by atoms with Crippen LogP contribution in [0.25, 0.3) is 8.25 Å². The summed E-state index contributed by atoms with van der Waals surface area (Å²) >= 11 is 0. The number of carbonyl (C=O) groups is 4. The van der Waals surface area contributed by atoms with Crippen molar-refractivity contribution < 1.29 is 148 Å². The molecule has 0 aliphatic heterocycles. The second kappa shape index (κ2) is 34.9. The molecule has 22 nitrogen and oxygen atoms in total. The third kappa shape index (κ3) is 23.7. The molecule has 0 bridgehead atoms. The van der Waals surface area contributed by atoms with Crippen LogP contribution in [-0.4, -0.2) is 115 Å². The van der Waals surface area contributed by atoms with E-state index in [-0.39, 0.29) is 88.5 Å². The fourth-order valence-electron chi connectivity index (χ4n) is 7.00. The van der Waals surface area contributed by atoms with Gasteiger partial charge in [0, 0.05) is 80.0 Å². The van der Waals surface area contributed by atoms with Crippen LogP contribution < -0.4 is 19.6 Å². The molecular formula is C54H54F12N8O14S4U-6. The van der Waals surface area contributed by atoms with E-state index in [9.17, 15) is 106 Å². The topological polar surface area (TPSA) is 329 Å². The van der Waals surface area contributed by atoms with Crippen LogP contribution in [0.3, 0.4) is 0 Å². The van der Waals surface area contributed by atoms with Crippen LogP contribution in [-0.2, 0) is 51.0 Å². The van der Waals surface area contributed by atoms with Crippen molar-refractivity contribution in [2.75, 3.05) is 45.8 Å². The molecule has 0 aliphatic carbocycles. The number of benzene rings is 4. The van der Waals surface area contributed by atoms with Gasteiger partial charge in [0.25, 0.3) is 23.6 Å². The maximum atomic E-state index is 13.1. The number of nitrogens with zero attached hydrogens (tertiary/aromatic N) is 8. The number of carbonyl (C=O) groups excluding carboxylic acids is 4. The van der Waals surface area contributed by atoms with Gasteiger partial charge < -0.3 is 38.8 Å². The Morgan fingerprint density at radius 2 is 0.484 bits per heavy atom. The minimum absolute atomic E-state index is 0. The van der Waals surface area contributed by atoms with Crippen molar-refractivity contribution in [3.05, 3.63) is 187 Å². The van der Waals surface area contributed by atoms with E-state index < -0.39 is 62.1 Å². The van der Waals surface area contributed by atoms with Crippen molar-refractivity contribution in [2.24, 2.45) is 0 Å². The molecule has 0 fully saturated rings. The minimum atomic E-state index is -6.72. The largest absolute Gasteiger partial charge is 2.00 e. The van der Waals surface area contributed by atoms with Gasteiger partial charge >= 0.3 is 22.0 Å². The molecule has 4 aromatic carbocycles. The van der Waals surface area contributed by atoms with E-state index in [1.54, 1.807) is 56.0 Å². The monoisotopic (exact) mass is 1630 g/mol. The first kappa shape index (κ1) is 85.9. The van der Waals surface area contributed by atoms with E-state index in [2.05, 4.69) is 9.97 Å². The summed E-state index contributed by atoms with van der Waals surface area (Å²) in [5.41, 5.74) is -16.1. The molecule has 0 unspecified atom stereocenters. The van der Waals surface area contributed by atoms with Crippen molar-refractivity contribution >= 4 is 86.5 Å². The number of hydrogen-bond acceptors (Lipinski definition) is 14. The molecule has 512 valence electrons. The summed E-state index contributed by atoms with van der Waals surface area (Å²) in [6, 6.07) is 41.1. The number of aryl methyl sites for hydroxylation is 4. The second-order valence-corrected chi connectivity index (χ2v) is 25.0. The zero-order valence-electron chi connectivity index (χ0n) is 49.5. The Kier molecular flexibility index (Phi) is 32.2. The Labute approximate surface area is 550 Å². The van der Waals surface area contributed by atoms with Crippen LogP contribution in [0.4, 0.5) is 75.4 Å². The number of hydrogen-bond donors (Lipinski definition) is 0. The van der Waals surface area contributed by atoms with E-state index >= 15 is 0 Å². The van der Waals surface area contributed by atoms with E-state index in [4.69, 9.17) is 0 Å². The van der Waals surface area contributed by atoms with E-state index in [1.165, 1.54) is 0 Å². The number of alkyl halides is 12. The van der Waals surface area contributed by atoms with Gasteiger partial charge in [0.15, 0.2) is 40.1 Å². The standard InChI is InChI=1S/2C25H27N3O2.2C2F6NO4S2.2O.U/c2*1-5-27(20-14-10-18(3)11-15-20)24(29)22-8-7-9-23(26-22)25(30)28(6-2)21-16-12-19(4)13-17-21;2*3-1(4,5)14(10,11)9-15(12,13)2(6,7)8;;;/h2*7-17H,5-6H2,1-4H3;;;;;/q;;2*-1;2*-2;. The van der Waals surface area contributed by atoms with Crippen molar-refractivity contribution in [1.82, 2.24) is 9.97 Å². The van der Waals surface area contributed by atoms with Crippen LogP contribution in [0.15, 0.2) is 133 Å². The normalized spacial score (nSPS) is 11.7. The zero-order chi connectivity index (χ0) is 68.8. The average molecular weight is 1630 g/mol. The number of rotatable bonds is 16. The van der Waals surface area contributed by atoms with Crippen molar-refractivity contribution in [3.8, 4) is 0 Å². The molecule has 39 heteroatoms. The summed E-state index contributed by atoms with van der Waals surface area (Å²) in [5, 5.41) is 0. The zero-order valence-corrected chi connectivity index (χ0v) is 56.9. The summed E-state index contributed by atoms with van der Waals surface area (Å²) in [4.78, 5) is 68.0. The quantitative estimate of drug-likeness (QED) is 0.0813. The number of anilines is 4. The van der Waals surface area contributed by atoms with Crippen LogP contribution >= 0.6 is 0 Å². The van der Waals surface area contributed by atoms with Crippen LogP contribution in [0.2, 0.25) is 0 Å². The molecule has 93 heavy (non-hydrogen) atoms. The molecule has 0 spiro atoms. The molecule has 0 N–H and O–H groups in total. The molecule has 0 saturated heterocycles. The average Bonchev–Trinajstić information content (AvgIpc) is 0.833. The number of halogens is 12. The first-order valence-corrected chi connectivity index (χ1v) is 31.3. The fraction of sp³-hybridized carbons (Fsp3) is 0.296. The maximum Gasteiger partial charge on any atom is 0.480 e. The predicted molar refractivity (Wildman–Crippen MR) is 311 cm³/mol. The van der Waals surface area contributed by atoms with Gasteiger partial charge in [-0.15, -0.1) is 0 Å². The molecule has 6 aromatic rings. The van der Waals surface area contributed by atoms with Gasteiger partial charge in [0.2, 0.25) is 0 Å². The van der Waals surface area contributed by atoms with Crippen molar-refractivity contribution in [1.29, 1.82) is 0 Å². The smallest absolute Gasteiger partial charge is 0.480 e. The predicted octanol–water partition coefficient (Wildman–Crippen LogP) is 11.9. The fourth-order valence-corrected chi connectivity index (χ4v) is 10.4. The SMILES string of the molecule is CCN(C(=O)c1cccc(C(=O)N(CC)c2ccc(C)cc2)n1)c1ccc(C)cc1.CCN(C(=O)c1cccc(C(=O)N(CC)c2ccc(C)cc2)n1)c1ccc(C)cc1.O=S(=O)([N-]S(=O)(=O)C(F)(F)F)C(F)(F)F.O=S(=O)([N-]S(=O)(=O)C(F)(F)F)C(F)(F)F.[O-2].[O-2].[U]. The first-order valence-electron chi connectivity index (χ1n) is 25.5. The molecule has 0 atom stereocenters. The summed E-state index contributed by atoms with van der Waals surface area (Å²) in [6.45, 7) is 17.7. The van der Waals surface area contributed by atoms with Crippen LogP contribution in [0.1, 0.15) is 91.9 Å². The third-order valence-corrected chi connectivity index (χ3v) is 17.0. The molecule has 6 rings (SSSR count). The Hall–Kier alpha value is -7.09. The van der Waals surface area contributed by atoms with Gasteiger partial charge in [-0.1, -0.05) is 82.9 Å². The Balaban J connectivity index is 0.00000126. The second-order valence-electron chi connectivity index (χ2n) is 18.2. The van der Waals surface area contributed by atoms with Gasteiger partial charge in [0.05, 0.1) is 0 Å². The van der Waals surface area contributed by atoms with Gasteiger partial charge in [-0.05, 0) is 128 Å². The van der Waals surface area contributed by atoms with Crippen LogP contribution in [0, 0.1) is 58.8 Å². The minimum Gasteiger partial charge on any atom is -2.00 e. The van der Waals surface area contributed by atoms with E-state index in [1.807, 2.05) is 152 Å². The summed E-state index contributed by atoms with van der Waals surface area (Å²) in [6.07, 6.45) is 0. The first-order chi connectivity index (χ1) is 41.3. The Morgan fingerprint density at radius 1 is 0.333 bits per heavy atom. The van der Waals surface area contributed by atoms with Gasteiger partial charge in [0.1, 0.15) is 22.8 Å². The number of pyridine rings is 2. The molecule has 2 heterocycles. The summed E-state index contributed by atoms with van der Waals surface area (Å²) in [5.74, 6) is -0.910. The molecule has 0 aliphatic rings. The molecule has 0 radical (unpaired) electrons. The number of amides is 4. The molecule has 0 saturated carbocycles. The van der Waals surface area contributed by atoms with Crippen LogP contribution in [0.5, 0.6) is 0 Å². The van der Waals surface area contributed by atoms with Gasteiger partial charge in [-0.3, -0.25) is 19.2 Å². The van der Waals surface area contributed by atoms with E-state index in [0.717, 1.165) is 53.3 Å². The van der Waals surface area contributed by atoms with E-state index in [0.29, 0.717) is 26.2 Å². The molecule has 4 amide bonds. The Morgan fingerprint density at radius 3 is 0.613 bits per heavy atom. The Bertz CT molecular complexity index is 3450. The van der Waals surface area contributed by atoms with Crippen molar-refractivity contribution in [2.45, 2.75) is 77.4 Å². The third-order valence-electron chi connectivity index (χ3n) is 11.6. The summed E-state index contributed by atoms with van der Waals surface area (Å²) in [7, 11) is -26.9. The van der Waals surface area contributed by atoms with Gasteiger partial charge in [-0.25, -0.2) is 43.6 Å². The molecule has 2 aromatic heterocycles. The molecular weight excluding hydrogens is 1580 g/mol. The van der Waals surface area contributed by atoms with Gasteiger partial charge in [-0.2, -0.15) is 52.7 Å². The maximum absolute atomic E-state index is 13.1. The van der Waals surface area contributed by atoms with Crippen molar-refractivity contribution in [3.63, 3.8) is 0 Å². The summed E-state index contributed by atoms with van der Waals surface area (Å²) < 4.78 is 218.